The van der Waals surface area contributed by atoms with E-state index in [0.717, 1.165) is 5.56 Å². The highest BCUT2D eigenvalue weighted by Crippen LogP contribution is 2.21. The molecule has 3 rings (SSSR count). The minimum atomic E-state index is -0.637. The van der Waals surface area contributed by atoms with E-state index in [0.29, 0.717) is 23.1 Å². The lowest BCUT2D eigenvalue weighted by Crippen LogP contribution is -2.40. The maximum Gasteiger partial charge on any atom is 0.321 e. The van der Waals surface area contributed by atoms with E-state index in [1.165, 1.54) is 9.13 Å². The van der Waals surface area contributed by atoms with Crippen LogP contribution in [0.1, 0.15) is 12.5 Å². The van der Waals surface area contributed by atoms with Crippen molar-refractivity contribution < 1.29 is 4.74 Å². The van der Waals surface area contributed by atoms with E-state index in [9.17, 15) is 9.59 Å². The highest BCUT2D eigenvalue weighted by molar-refractivity contribution is 6.31. The van der Waals surface area contributed by atoms with Crippen molar-refractivity contribution in [2.75, 3.05) is 6.61 Å². The van der Waals surface area contributed by atoms with E-state index in [1.807, 2.05) is 31.2 Å². The van der Waals surface area contributed by atoms with E-state index < -0.39 is 11.1 Å². The monoisotopic (exact) mass is 356 g/mol. The molecule has 0 saturated heterocycles. The number of hydrogen-bond donors (Lipinski definition) is 0. The summed E-state index contributed by atoms with van der Waals surface area (Å²) >= 11 is 6.13. The molecule has 128 valence electrons. The molecule has 0 fully saturated rings. The fourth-order valence-corrected chi connectivity index (χ4v) is 2.76. The molecular weight excluding hydrogens is 340 g/mol. The molecule has 0 radical (unpaired) electrons. The minimum absolute atomic E-state index is 0.238. The Labute approximate surface area is 149 Å². The molecule has 0 aliphatic carbocycles. The second-order valence-electron chi connectivity index (χ2n) is 5.40. The smallest absolute Gasteiger partial charge is 0.321 e. The number of hydrogen-bond acceptors (Lipinski definition) is 3. The Morgan fingerprint density at radius 2 is 1.68 bits per heavy atom. The molecule has 0 spiro atoms. The number of para-hydroxylation sites is 2. The molecule has 0 aliphatic rings. The Morgan fingerprint density at radius 1 is 0.960 bits per heavy atom. The predicted molar refractivity (Wildman–Crippen MR) is 98.0 cm³/mol. The Bertz CT molecular complexity index is 1010. The molecule has 0 unspecified atom stereocenters. The third kappa shape index (κ3) is 3.51. The van der Waals surface area contributed by atoms with Crippen molar-refractivity contribution in [3.05, 3.63) is 92.2 Å². The Morgan fingerprint density at radius 3 is 2.44 bits per heavy atom. The van der Waals surface area contributed by atoms with Gasteiger partial charge in [-0.15, -0.1) is 0 Å². The van der Waals surface area contributed by atoms with Crippen LogP contribution in [0.2, 0.25) is 5.02 Å². The summed E-state index contributed by atoms with van der Waals surface area (Å²) in [6, 6.07) is 14.3. The van der Waals surface area contributed by atoms with Gasteiger partial charge in [0.2, 0.25) is 0 Å². The lowest BCUT2D eigenvalue weighted by molar-refractivity contribution is 0.339. The summed E-state index contributed by atoms with van der Waals surface area (Å²) in [5.74, 6) is 0.551. The van der Waals surface area contributed by atoms with Crippen molar-refractivity contribution in [2.45, 2.75) is 13.5 Å². The number of aromatic nitrogens is 2. The molecule has 0 amide bonds. The van der Waals surface area contributed by atoms with E-state index in [2.05, 4.69) is 0 Å². The van der Waals surface area contributed by atoms with Crippen molar-refractivity contribution >= 4 is 11.6 Å². The van der Waals surface area contributed by atoms with Gasteiger partial charge in [0.15, 0.2) is 0 Å². The van der Waals surface area contributed by atoms with Gasteiger partial charge in [0.05, 0.1) is 18.8 Å². The predicted octanol–water partition coefficient (Wildman–Crippen LogP) is 3.10. The van der Waals surface area contributed by atoms with Gasteiger partial charge in [0.1, 0.15) is 5.75 Å². The molecule has 5 nitrogen and oxygen atoms in total. The van der Waals surface area contributed by atoms with Crippen LogP contribution in [0.3, 0.4) is 0 Å². The molecular formula is C19H17ClN2O3. The normalized spacial score (nSPS) is 10.6. The van der Waals surface area contributed by atoms with E-state index in [4.69, 9.17) is 16.3 Å². The van der Waals surface area contributed by atoms with Gasteiger partial charge in [0.25, 0.3) is 0 Å². The van der Waals surface area contributed by atoms with Gasteiger partial charge in [-0.2, -0.15) is 0 Å². The minimum Gasteiger partial charge on any atom is -0.492 e. The third-order valence-corrected chi connectivity index (χ3v) is 4.15. The fraction of sp³-hybridized carbons (Fsp3) is 0.158. The van der Waals surface area contributed by atoms with Gasteiger partial charge in [-0.1, -0.05) is 41.9 Å². The molecule has 1 heterocycles. The molecule has 0 aliphatic heterocycles. The summed E-state index contributed by atoms with van der Waals surface area (Å²) in [7, 11) is 0. The van der Waals surface area contributed by atoms with Crippen molar-refractivity contribution in [3.8, 4) is 11.4 Å². The largest absolute Gasteiger partial charge is 0.492 e. The molecule has 0 atom stereocenters. The quantitative estimate of drug-likeness (QED) is 0.660. The number of halogens is 1. The van der Waals surface area contributed by atoms with Gasteiger partial charge >= 0.3 is 11.1 Å². The summed E-state index contributed by atoms with van der Waals surface area (Å²) in [6.07, 6.45) is 3.15. The zero-order valence-corrected chi connectivity index (χ0v) is 14.4. The average molecular weight is 357 g/mol. The van der Waals surface area contributed by atoms with Crippen LogP contribution in [-0.4, -0.2) is 15.7 Å². The van der Waals surface area contributed by atoms with Gasteiger partial charge < -0.3 is 9.30 Å². The molecule has 0 N–H and O–H groups in total. The second-order valence-corrected chi connectivity index (χ2v) is 5.81. The Hall–Kier alpha value is -2.79. The average Bonchev–Trinajstić information content (AvgIpc) is 2.62. The summed E-state index contributed by atoms with van der Waals surface area (Å²) in [5, 5.41) is 0.556. The maximum absolute atomic E-state index is 12.6. The zero-order chi connectivity index (χ0) is 17.8. The first-order valence-corrected chi connectivity index (χ1v) is 8.27. The van der Waals surface area contributed by atoms with Crippen LogP contribution in [0.25, 0.3) is 5.69 Å². The highest BCUT2D eigenvalue weighted by atomic mass is 35.5. The Kier molecular flexibility index (Phi) is 5.05. The molecule has 25 heavy (non-hydrogen) atoms. The molecule has 1 aromatic heterocycles. The van der Waals surface area contributed by atoms with Crippen molar-refractivity contribution in [1.82, 2.24) is 9.13 Å². The fourth-order valence-electron chi connectivity index (χ4n) is 2.57. The van der Waals surface area contributed by atoms with Crippen LogP contribution in [0.15, 0.2) is 70.5 Å². The van der Waals surface area contributed by atoms with Gasteiger partial charge in [0, 0.05) is 17.4 Å². The lowest BCUT2D eigenvalue weighted by atomic mass is 10.2. The second kappa shape index (κ2) is 7.40. The Balaban J connectivity index is 2.04. The van der Waals surface area contributed by atoms with Crippen LogP contribution in [0, 0.1) is 0 Å². The van der Waals surface area contributed by atoms with Gasteiger partial charge in [-0.3, -0.25) is 14.2 Å². The van der Waals surface area contributed by atoms with Crippen molar-refractivity contribution in [3.63, 3.8) is 0 Å². The zero-order valence-electron chi connectivity index (χ0n) is 13.7. The van der Waals surface area contributed by atoms with Crippen LogP contribution in [0.4, 0.5) is 0 Å². The first-order valence-electron chi connectivity index (χ1n) is 7.89. The summed E-state index contributed by atoms with van der Waals surface area (Å²) in [5.41, 5.74) is 0.0601. The first-order chi connectivity index (χ1) is 12.1. The van der Waals surface area contributed by atoms with E-state index in [-0.39, 0.29) is 6.54 Å². The van der Waals surface area contributed by atoms with E-state index in [1.54, 1.807) is 36.7 Å². The van der Waals surface area contributed by atoms with Crippen LogP contribution >= 0.6 is 11.6 Å². The van der Waals surface area contributed by atoms with Crippen LogP contribution in [0.5, 0.6) is 5.75 Å². The van der Waals surface area contributed by atoms with Crippen molar-refractivity contribution in [2.24, 2.45) is 0 Å². The number of nitrogens with zero attached hydrogens (tertiary/aromatic N) is 2. The molecule has 3 aromatic rings. The number of rotatable bonds is 5. The van der Waals surface area contributed by atoms with E-state index >= 15 is 0 Å². The van der Waals surface area contributed by atoms with Crippen molar-refractivity contribution in [1.29, 1.82) is 0 Å². The van der Waals surface area contributed by atoms with Crippen LogP contribution in [-0.2, 0) is 6.54 Å². The van der Waals surface area contributed by atoms with Crippen LogP contribution < -0.4 is 15.9 Å². The maximum atomic E-state index is 12.6. The lowest BCUT2D eigenvalue weighted by Gasteiger charge is -2.13. The molecule has 6 heteroatoms. The molecule has 0 saturated carbocycles. The summed E-state index contributed by atoms with van der Waals surface area (Å²) in [4.78, 5) is 25.1. The SMILES string of the molecule is CCOc1ccccc1-n1ccn(Cc2ccccc2Cl)c(=O)c1=O. The summed E-state index contributed by atoms with van der Waals surface area (Å²) in [6.45, 7) is 2.57. The third-order valence-electron chi connectivity index (χ3n) is 3.78. The number of benzene rings is 2. The summed E-state index contributed by atoms with van der Waals surface area (Å²) < 4.78 is 8.19. The molecule has 0 bridgehead atoms. The molecule has 2 aromatic carbocycles. The number of ether oxygens (including phenoxy) is 1. The standard InChI is InChI=1S/C19H17ClN2O3/c1-2-25-17-10-6-5-9-16(17)22-12-11-21(18(23)19(22)24)13-14-7-3-4-8-15(14)20/h3-12H,2,13H2,1H3. The topological polar surface area (TPSA) is 53.2 Å². The van der Waals surface area contributed by atoms with Gasteiger partial charge in [-0.25, -0.2) is 0 Å². The highest BCUT2D eigenvalue weighted by Gasteiger charge is 2.11. The van der Waals surface area contributed by atoms with Gasteiger partial charge in [-0.05, 0) is 30.7 Å². The first kappa shape index (κ1) is 17.0.